The lowest BCUT2D eigenvalue weighted by molar-refractivity contribution is -0.127. The second-order valence-corrected chi connectivity index (χ2v) is 14.3. The Morgan fingerprint density at radius 1 is 0.545 bits per heavy atom. The summed E-state index contributed by atoms with van der Waals surface area (Å²) in [6.45, 7) is 12.5. The molecule has 2 unspecified atom stereocenters. The van der Waals surface area contributed by atoms with Gasteiger partial charge in [-0.05, 0) is 129 Å². The molecule has 2 nitrogen and oxygen atoms in total. The third-order valence-corrected chi connectivity index (χ3v) is 12.0. The molecule has 5 rings (SSSR count). The minimum Gasteiger partial charge on any atom is -0.299 e. The van der Waals surface area contributed by atoms with E-state index in [9.17, 15) is 9.59 Å². The average molecular weight is 613 g/mol. The van der Waals surface area contributed by atoms with E-state index in [2.05, 4.69) is 135 Å². The van der Waals surface area contributed by atoms with Crippen molar-refractivity contribution in [1.82, 2.24) is 0 Å². The molecular weight excluding hydrogens is 569 g/mol. The van der Waals surface area contributed by atoms with Gasteiger partial charge in [0.25, 0.3) is 0 Å². The summed E-state index contributed by atoms with van der Waals surface area (Å²) in [7, 11) is 8.29. The molecule has 0 N–H and O–H groups in total. The van der Waals surface area contributed by atoms with Gasteiger partial charge in [-0.25, -0.2) is 0 Å². The number of Topliss-reactive ketones (excluding diaryl/α,β-unsaturated/α-hetero) is 2. The lowest BCUT2D eigenvalue weighted by Gasteiger charge is -2.39. The van der Waals surface area contributed by atoms with Crippen LogP contribution in [0, 0.1) is 11.8 Å². The van der Waals surface area contributed by atoms with Crippen molar-refractivity contribution in [2.75, 3.05) is 0 Å². The van der Waals surface area contributed by atoms with Crippen LogP contribution in [0.1, 0.15) is 91.2 Å². The molecule has 0 aliphatic rings. The number of carbonyl (C=O) groups is 2. The highest BCUT2D eigenvalue weighted by atomic mass is 28.1. The maximum Gasteiger partial charge on any atom is 0.142 e. The van der Waals surface area contributed by atoms with Gasteiger partial charge in [0.05, 0.1) is 0 Å². The summed E-state index contributed by atoms with van der Waals surface area (Å²) in [6.07, 6.45) is 4.31. The largest absolute Gasteiger partial charge is 0.299 e. The summed E-state index contributed by atoms with van der Waals surface area (Å²) in [6, 6.07) is 26.3. The molecule has 0 fully saturated rings. The van der Waals surface area contributed by atoms with Crippen molar-refractivity contribution >= 4 is 75.1 Å². The quantitative estimate of drug-likeness (QED) is 0.104. The van der Waals surface area contributed by atoms with Crippen molar-refractivity contribution in [3.63, 3.8) is 0 Å². The van der Waals surface area contributed by atoms with Gasteiger partial charge in [0, 0.05) is 42.4 Å². The van der Waals surface area contributed by atoms with Crippen molar-refractivity contribution in [1.29, 1.82) is 0 Å². The van der Waals surface area contributed by atoms with E-state index in [-0.39, 0.29) is 23.4 Å². The zero-order chi connectivity index (χ0) is 31.8. The van der Waals surface area contributed by atoms with Gasteiger partial charge in [-0.1, -0.05) is 77.9 Å². The zero-order valence-electron chi connectivity index (χ0n) is 27.1. The van der Waals surface area contributed by atoms with Gasteiger partial charge in [0.1, 0.15) is 11.6 Å². The fourth-order valence-corrected chi connectivity index (χ4v) is 8.21. The van der Waals surface area contributed by atoms with E-state index in [1.54, 1.807) is 0 Å². The van der Waals surface area contributed by atoms with E-state index in [1.165, 1.54) is 21.5 Å². The van der Waals surface area contributed by atoms with E-state index in [0.29, 0.717) is 12.8 Å². The molecule has 0 amide bonds. The van der Waals surface area contributed by atoms with Crippen LogP contribution < -0.4 is 0 Å². The molecule has 6 radical (unpaired) electrons. The molecule has 224 valence electrons. The number of hydrogen-bond acceptors (Lipinski definition) is 2. The van der Waals surface area contributed by atoms with Crippen LogP contribution in [0.2, 0.25) is 0 Å². The Labute approximate surface area is 269 Å². The Kier molecular flexibility index (Phi) is 9.35. The highest BCUT2D eigenvalue weighted by Crippen LogP contribution is 2.45. The Hall–Kier alpha value is -3.09. The van der Waals surface area contributed by atoms with Crippen LogP contribution in [0.3, 0.4) is 0 Å². The minimum atomic E-state index is -0.937. The van der Waals surface area contributed by atoms with E-state index in [4.69, 9.17) is 0 Å². The van der Waals surface area contributed by atoms with Crippen molar-refractivity contribution in [3.05, 3.63) is 83.9 Å². The Balaban J connectivity index is 1.88. The van der Waals surface area contributed by atoms with E-state index in [1.807, 2.05) is 0 Å². The SMILES string of the molecule is CCC(CC)C(=O)C([Si])(CC)c1ccc2cc3cc4cc5ccccc5cc4cc3cc2c1C([Si])(CC)C(=O)C(CC)CC. The first-order valence-electron chi connectivity index (χ1n) is 16.5. The van der Waals surface area contributed by atoms with E-state index < -0.39 is 10.1 Å². The molecule has 0 bridgehead atoms. The first-order valence-corrected chi connectivity index (χ1v) is 17.5. The monoisotopic (exact) mass is 612 g/mol. The molecule has 0 heterocycles. The standard InChI is InChI=1S/C40H44O2Si2/c1-7-25(8-2)37(41)39(43,11-5)35-18-17-29-21-32-22-30-19-27-15-13-14-16-28(27)20-31(30)23-33(32)24-34(29)36(35)40(44,12-6)38(42)26(9-3)10-4/h13-26H,7-12H2,1-6H3. The number of fused-ring (bicyclic) bond motifs is 4. The highest BCUT2D eigenvalue weighted by Gasteiger charge is 2.45. The second kappa shape index (κ2) is 12.7. The van der Waals surface area contributed by atoms with Crippen LogP contribution in [0.15, 0.2) is 72.8 Å². The molecule has 44 heavy (non-hydrogen) atoms. The zero-order valence-corrected chi connectivity index (χ0v) is 29.1. The second-order valence-electron chi connectivity index (χ2n) is 12.6. The summed E-state index contributed by atoms with van der Waals surface area (Å²) in [5.41, 5.74) is 1.84. The topological polar surface area (TPSA) is 34.1 Å². The van der Waals surface area contributed by atoms with Gasteiger partial charge >= 0.3 is 0 Å². The van der Waals surface area contributed by atoms with Gasteiger partial charge in [0.2, 0.25) is 0 Å². The number of ketones is 2. The van der Waals surface area contributed by atoms with E-state index in [0.717, 1.165) is 58.4 Å². The Bertz CT molecular complexity index is 1870. The third kappa shape index (κ3) is 5.28. The Morgan fingerprint density at radius 3 is 1.41 bits per heavy atom. The van der Waals surface area contributed by atoms with Gasteiger partial charge in [-0.2, -0.15) is 0 Å². The molecule has 5 aromatic rings. The Morgan fingerprint density at radius 2 is 0.955 bits per heavy atom. The van der Waals surface area contributed by atoms with Crippen LogP contribution in [-0.4, -0.2) is 32.1 Å². The molecule has 0 aliphatic carbocycles. The van der Waals surface area contributed by atoms with Gasteiger partial charge in [-0.15, -0.1) is 0 Å². The summed E-state index contributed by atoms with van der Waals surface area (Å²) in [5, 5.41) is 7.39. The molecule has 0 aliphatic heterocycles. The van der Waals surface area contributed by atoms with Gasteiger partial charge < -0.3 is 0 Å². The molecule has 0 saturated carbocycles. The first-order chi connectivity index (χ1) is 21.1. The molecular formula is C40H44O2Si2. The van der Waals surface area contributed by atoms with Crippen LogP contribution in [0.4, 0.5) is 0 Å². The summed E-state index contributed by atoms with van der Waals surface area (Å²) < 4.78 is 0. The summed E-state index contributed by atoms with van der Waals surface area (Å²) in [5.74, 6) is 0.254. The number of hydrogen-bond donors (Lipinski definition) is 0. The van der Waals surface area contributed by atoms with Crippen molar-refractivity contribution < 1.29 is 9.59 Å². The molecule has 0 saturated heterocycles. The minimum absolute atomic E-state index is 0.0609. The van der Waals surface area contributed by atoms with Crippen LogP contribution in [0.25, 0.3) is 43.1 Å². The van der Waals surface area contributed by atoms with Crippen molar-refractivity contribution in [3.8, 4) is 0 Å². The molecule has 5 aromatic carbocycles. The average Bonchev–Trinajstić information content (AvgIpc) is 3.05. The maximum absolute atomic E-state index is 14.5. The normalized spacial score (nSPS) is 15.0. The van der Waals surface area contributed by atoms with E-state index >= 15 is 0 Å². The summed E-state index contributed by atoms with van der Waals surface area (Å²) >= 11 is 0. The van der Waals surface area contributed by atoms with Crippen molar-refractivity contribution in [2.24, 2.45) is 11.8 Å². The number of carbonyl (C=O) groups excluding carboxylic acids is 2. The highest BCUT2D eigenvalue weighted by molar-refractivity contribution is 6.33. The van der Waals surface area contributed by atoms with Gasteiger partial charge in [0.15, 0.2) is 0 Å². The molecule has 4 heteroatoms. The molecule has 0 aromatic heterocycles. The lowest BCUT2D eigenvalue weighted by atomic mass is 9.72. The third-order valence-electron chi connectivity index (χ3n) is 10.3. The smallest absolute Gasteiger partial charge is 0.142 e. The molecule has 0 spiro atoms. The number of rotatable bonds is 12. The van der Waals surface area contributed by atoms with Gasteiger partial charge in [-0.3, -0.25) is 9.59 Å². The van der Waals surface area contributed by atoms with Crippen LogP contribution in [-0.2, 0) is 19.7 Å². The first kappa shape index (κ1) is 32.3. The van der Waals surface area contributed by atoms with Crippen molar-refractivity contribution in [2.45, 2.75) is 90.1 Å². The van der Waals surface area contributed by atoms with Crippen LogP contribution >= 0.6 is 0 Å². The lowest BCUT2D eigenvalue weighted by Crippen LogP contribution is -2.46. The fourth-order valence-electron chi connectivity index (χ4n) is 7.32. The predicted octanol–water partition coefficient (Wildman–Crippen LogP) is 9.86. The molecule has 2 atom stereocenters. The van der Waals surface area contributed by atoms with Crippen LogP contribution in [0.5, 0.6) is 0 Å². The summed E-state index contributed by atoms with van der Waals surface area (Å²) in [4.78, 5) is 28.8. The maximum atomic E-state index is 14.5. The predicted molar refractivity (Wildman–Crippen MR) is 190 cm³/mol. The number of benzene rings is 5. The fraction of sp³-hybridized carbons (Fsp3) is 0.400.